The van der Waals surface area contributed by atoms with Gasteiger partial charge < -0.3 is 19.3 Å². The average Bonchev–Trinajstić information content (AvgIpc) is 3.15. The van der Waals surface area contributed by atoms with Crippen LogP contribution in [0.5, 0.6) is 11.5 Å². The van der Waals surface area contributed by atoms with Crippen LogP contribution in [0.15, 0.2) is 60.7 Å². The third-order valence-electron chi connectivity index (χ3n) is 4.11. The lowest BCUT2D eigenvalue weighted by Gasteiger charge is -2.12. The van der Waals surface area contributed by atoms with E-state index in [-0.39, 0.29) is 12.9 Å². The van der Waals surface area contributed by atoms with Crippen LogP contribution < -0.4 is 9.47 Å². The lowest BCUT2D eigenvalue weighted by molar-refractivity contribution is -0.142. The lowest BCUT2D eigenvalue weighted by atomic mass is 10.0. The molecule has 2 aromatic carbocycles. The maximum Gasteiger partial charge on any atom is 0.331 e. The maximum absolute atomic E-state index is 11.3. The van der Waals surface area contributed by atoms with Crippen molar-refractivity contribution in [2.24, 2.45) is 0 Å². The van der Waals surface area contributed by atoms with Gasteiger partial charge in [-0.05, 0) is 36.1 Å². The van der Waals surface area contributed by atoms with Crippen LogP contribution in [0.2, 0.25) is 0 Å². The van der Waals surface area contributed by atoms with Crippen molar-refractivity contribution in [1.29, 1.82) is 0 Å². The molecule has 0 radical (unpaired) electrons. The molecule has 0 spiro atoms. The van der Waals surface area contributed by atoms with E-state index in [1.807, 2.05) is 18.2 Å². The molecule has 0 aromatic heterocycles. The molecule has 29 heavy (non-hydrogen) atoms. The highest BCUT2D eigenvalue weighted by Crippen LogP contribution is 2.32. The molecule has 1 N–H and O–H groups in total. The first kappa shape index (κ1) is 22.0. The third-order valence-corrected chi connectivity index (χ3v) is 4.11. The summed E-state index contributed by atoms with van der Waals surface area (Å²) in [7, 11) is 0. The molecule has 1 atom stereocenters. The van der Waals surface area contributed by atoms with Gasteiger partial charge in [0, 0.05) is 18.6 Å². The van der Waals surface area contributed by atoms with Crippen LogP contribution >= 0.6 is 0 Å². The Bertz CT molecular complexity index is 842. The second-order valence-electron chi connectivity index (χ2n) is 6.88. The van der Waals surface area contributed by atoms with E-state index in [2.05, 4.69) is 38.1 Å². The molecular formula is C23H26O6. The summed E-state index contributed by atoms with van der Waals surface area (Å²) >= 11 is 0. The first-order valence-electron chi connectivity index (χ1n) is 9.40. The maximum atomic E-state index is 11.3. The van der Waals surface area contributed by atoms with Crippen LogP contribution in [0.3, 0.4) is 0 Å². The number of benzene rings is 2. The van der Waals surface area contributed by atoms with Gasteiger partial charge in [-0.3, -0.25) is 0 Å². The molecule has 6 nitrogen and oxygen atoms in total. The van der Waals surface area contributed by atoms with E-state index in [4.69, 9.17) is 19.3 Å². The minimum atomic E-state index is -1.19. The summed E-state index contributed by atoms with van der Waals surface area (Å²) in [5.74, 6) is 0.159. The minimum absolute atomic E-state index is 0.212. The number of carboxylic acids is 1. The molecule has 2 aromatic rings. The van der Waals surface area contributed by atoms with Crippen molar-refractivity contribution in [3.05, 3.63) is 71.8 Å². The van der Waals surface area contributed by atoms with Crippen molar-refractivity contribution in [2.45, 2.75) is 39.2 Å². The summed E-state index contributed by atoms with van der Waals surface area (Å²) in [4.78, 5) is 21.6. The second kappa shape index (κ2) is 10.9. The van der Waals surface area contributed by atoms with Gasteiger partial charge in [-0.25, -0.2) is 9.59 Å². The van der Waals surface area contributed by atoms with Gasteiger partial charge in [0.2, 0.25) is 6.79 Å². The Morgan fingerprint density at radius 1 is 1.03 bits per heavy atom. The van der Waals surface area contributed by atoms with E-state index < -0.39 is 11.9 Å². The number of carbonyl (C=O) groups is 2. The van der Waals surface area contributed by atoms with E-state index in [0.29, 0.717) is 23.8 Å². The fourth-order valence-corrected chi connectivity index (χ4v) is 2.66. The van der Waals surface area contributed by atoms with E-state index in [0.717, 1.165) is 17.7 Å². The van der Waals surface area contributed by atoms with Crippen molar-refractivity contribution in [3.8, 4) is 11.5 Å². The highest BCUT2D eigenvalue weighted by Gasteiger charge is 2.15. The summed E-state index contributed by atoms with van der Waals surface area (Å²) in [6, 6.07) is 16.0. The number of rotatable bonds is 6. The zero-order chi connectivity index (χ0) is 21.2. The SMILES string of the molecule is CC(C)c1ccccc1.C[C@H](Cc1ccc2c(c1)OCO2)OC(=O)/C=C\C(=O)O. The average molecular weight is 398 g/mol. The van der Waals surface area contributed by atoms with Crippen LogP contribution in [-0.4, -0.2) is 29.9 Å². The zero-order valence-electron chi connectivity index (χ0n) is 16.8. The Labute approximate surface area is 170 Å². The second-order valence-corrected chi connectivity index (χ2v) is 6.88. The molecule has 0 aliphatic carbocycles. The number of hydrogen-bond acceptors (Lipinski definition) is 5. The fraction of sp³-hybridized carbons (Fsp3) is 0.304. The van der Waals surface area contributed by atoms with E-state index in [1.165, 1.54) is 5.56 Å². The van der Waals surface area contributed by atoms with Crippen LogP contribution in [-0.2, 0) is 20.7 Å². The molecule has 1 aliphatic heterocycles. The first-order valence-corrected chi connectivity index (χ1v) is 9.40. The molecule has 3 rings (SSSR count). The third kappa shape index (κ3) is 7.70. The Morgan fingerprint density at radius 2 is 1.72 bits per heavy atom. The number of ether oxygens (including phenoxy) is 3. The highest BCUT2D eigenvalue weighted by atomic mass is 16.7. The Kier molecular flexibility index (Phi) is 8.27. The smallest absolute Gasteiger partial charge is 0.331 e. The van der Waals surface area contributed by atoms with Crippen LogP contribution in [0.25, 0.3) is 0 Å². The Morgan fingerprint density at radius 3 is 2.34 bits per heavy atom. The first-order chi connectivity index (χ1) is 13.8. The molecule has 0 bridgehead atoms. The van der Waals surface area contributed by atoms with Crippen LogP contribution in [0, 0.1) is 0 Å². The Hall–Kier alpha value is -3.28. The number of hydrogen-bond donors (Lipinski definition) is 1. The van der Waals surface area contributed by atoms with Gasteiger partial charge in [-0.1, -0.05) is 50.2 Å². The molecule has 1 heterocycles. The predicted molar refractivity (Wildman–Crippen MR) is 109 cm³/mol. The minimum Gasteiger partial charge on any atom is -0.478 e. The number of carboxylic acid groups (broad SMARTS) is 1. The van der Waals surface area contributed by atoms with Gasteiger partial charge in [-0.15, -0.1) is 0 Å². The number of fused-ring (bicyclic) bond motifs is 1. The number of aliphatic carboxylic acids is 1. The van der Waals surface area contributed by atoms with Gasteiger partial charge in [0.05, 0.1) is 0 Å². The quantitative estimate of drug-likeness (QED) is 0.576. The fourth-order valence-electron chi connectivity index (χ4n) is 2.66. The summed E-state index contributed by atoms with van der Waals surface area (Å²) < 4.78 is 15.5. The molecule has 6 heteroatoms. The van der Waals surface area contributed by atoms with Crippen LogP contribution in [0.4, 0.5) is 0 Å². The predicted octanol–water partition coefficient (Wildman–Crippen LogP) is 4.34. The van der Waals surface area contributed by atoms with Crippen molar-refractivity contribution >= 4 is 11.9 Å². The van der Waals surface area contributed by atoms with Gasteiger partial charge in [-0.2, -0.15) is 0 Å². The molecular weight excluding hydrogens is 372 g/mol. The van der Waals surface area contributed by atoms with E-state index >= 15 is 0 Å². The van der Waals surface area contributed by atoms with E-state index in [1.54, 1.807) is 13.0 Å². The van der Waals surface area contributed by atoms with Crippen molar-refractivity contribution in [3.63, 3.8) is 0 Å². The standard InChI is InChI=1S/C14H14O6.C9H12/c1-9(20-14(17)5-4-13(15)16)6-10-2-3-11-12(7-10)19-8-18-11;1-8(2)9-6-4-3-5-7-9/h2-5,7,9H,6,8H2,1H3,(H,15,16);3-8H,1-2H3/b5-4-;/t9-;/m1./s1. The monoisotopic (exact) mass is 398 g/mol. The van der Waals surface area contributed by atoms with Gasteiger partial charge in [0.1, 0.15) is 6.10 Å². The largest absolute Gasteiger partial charge is 0.478 e. The van der Waals surface area contributed by atoms with Crippen molar-refractivity contribution in [1.82, 2.24) is 0 Å². The van der Waals surface area contributed by atoms with Crippen molar-refractivity contribution < 1.29 is 28.9 Å². The highest BCUT2D eigenvalue weighted by molar-refractivity contribution is 5.90. The van der Waals surface area contributed by atoms with Gasteiger partial charge >= 0.3 is 11.9 Å². The van der Waals surface area contributed by atoms with Crippen LogP contribution in [0.1, 0.15) is 37.8 Å². The molecule has 1 aliphatic rings. The summed E-state index contributed by atoms with van der Waals surface area (Å²) in [6.45, 7) is 6.35. The molecule has 0 fully saturated rings. The van der Waals surface area contributed by atoms with Gasteiger partial charge in [0.25, 0.3) is 0 Å². The van der Waals surface area contributed by atoms with Gasteiger partial charge in [0.15, 0.2) is 11.5 Å². The molecule has 0 amide bonds. The molecule has 0 unspecified atom stereocenters. The summed E-state index contributed by atoms with van der Waals surface area (Å²) in [5.41, 5.74) is 2.36. The normalized spacial score (nSPS) is 13.0. The topological polar surface area (TPSA) is 82.1 Å². The zero-order valence-corrected chi connectivity index (χ0v) is 16.8. The molecule has 0 saturated heterocycles. The van der Waals surface area contributed by atoms with Crippen molar-refractivity contribution in [2.75, 3.05) is 6.79 Å². The lowest BCUT2D eigenvalue weighted by Crippen LogP contribution is -2.16. The van der Waals surface area contributed by atoms with E-state index in [9.17, 15) is 9.59 Å². The number of esters is 1. The number of carbonyl (C=O) groups excluding carboxylic acids is 1. The Balaban J connectivity index is 0.000000278. The molecule has 0 saturated carbocycles. The summed E-state index contributed by atoms with van der Waals surface area (Å²) in [6.07, 6.45) is 1.76. The summed E-state index contributed by atoms with van der Waals surface area (Å²) in [5, 5.41) is 8.40. The molecule has 154 valence electrons.